The van der Waals surface area contributed by atoms with Gasteiger partial charge in [0.15, 0.2) is 5.82 Å². The highest BCUT2D eigenvalue weighted by atomic mass is 16.2. The van der Waals surface area contributed by atoms with Gasteiger partial charge in [-0.3, -0.25) is 9.78 Å². The van der Waals surface area contributed by atoms with Crippen LogP contribution >= 0.6 is 0 Å². The third kappa shape index (κ3) is 3.28. The quantitative estimate of drug-likeness (QED) is 0.804. The molecule has 0 radical (unpaired) electrons. The molecule has 0 fully saturated rings. The average molecular weight is 275 g/mol. The van der Waals surface area contributed by atoms with Crippen LogP contribution in [0.15, 0.2) is 18.3 Å². The largest absolute Gasteiger partial charge is 0.377 e. The fourth-order valence-electron chi connectivity index (χ4n) is 1.77. The van der Waals surface area contributed by atoms with E-state index >= 15 is 0 Å². The zero-order valence-electron chi connectivity index (χ0n) is 11.5. The molecule has 0 saturated heterocycles. The second-order valence-corrected chi connectivity index (χ2v) is 4.09. The predicted molar refractivity (Wildman–Crippen MR) is 73.0 cm³/mol. The lowest BCUT2D eigenvalue weighted by atomic mass is 10.2. The Bertz CT molecular complexity index is 551. The van der Waals surface area contributed by atoms with Crippen molar-refractivity contribution in [2.45, 2.75) is 20.4 Å². The molecule has 8 nitrogen and oxygen atoms in total. The zero-order chi connectivity index (χ0) is 14.4. The summed E-state index contributed by atoms with van der Waals surface area (Å²) in [7, 11) is 0. The van der Waals surface area contributed by atoms with Gasteiger partial charge in [0, 0.05) is 25.0 Å². The summed E-state index contributed by atoms with van der Waals surface area (Å²) < 4.78 is 0. The van der Waals surface area contributed by atoms with Crippen molar-refractivity contribution in [3.05, 3.63) is 29.8 Å². The molecule has 0 aromatic carbocycles. The number of anilines is 1. The number of nitrogens with one attached hydrogen (secondary N) is 2. The highest BCUT2D eigenvalue weighted by molar-refractivity contribution is 5.93. The number of aromatic nitrogens is 5. The second-order valence-electron chi connectivity index (χ2n) is 4.09. The number of nitrogens with zero attached hydrogens (tertiary/aromatic N) is 5. The summed E-state index contributed by atoms with van der Waals surface area (Å²) >= 11 is 0. The molecule has 0 bridgehead atoms. The Labute approximate surface area is 116 Å². The molecule has 2 aromatic heterocycles. The number of rotatable bonds is 6. The molecule has 20 heavy (non-hydrogen) atoms. The van der Waals surface area contributed by atoms with Crippen molar-refractivity contribution >= 4 is 11.6 Å². The molecule has 2 N–H and O–H groups in total. The number of carbonyl (C=O) groups is 1. The molecular weight excluding hydrogens is 258 g/mol. The Kier molecular flexibility index (Phi) is 4.59. The van der Waals surface area contributed by atoms with Gasteiger partial charge in [-0.2, -0.15) is 5.21 Å². The maximum Gasteiger partial charge on any atom is 0.272 e. The molecule has 0 saturated carbocycles. The summed E-state index contributed by atoms with van der Waals surface area (Å²) in [6.45, 7) is 5.65. The van der Waals surface area contributed by atoms with E-state index in [9.17, 15) is 4.79 Å². The van der Waals surface area contributed by atoms with Crippen LogP contribution in [0.2, 0.25) is 0 Å². The first-order valence-corrected chi connectivity index (χ1v) is 6.46. The maximum absolute atomic E-state index is 12.2. The minimum Gasteiger partial charge on any atom is -0.377 e. The number of hydrogen-bond acceptors (Lipinski definition) is 6. The molecule has 2 heterocycles. The van der Waals surface area contributed by atoms with Crippen LogP contribution < -0.4 is 5.32 Å². The van der Waals surface area contributed by atoms with E-state index in [0.29, 0.717) is 31.2 Å². The SMILES string of the molecule is CCN(CC)C(=O)c1cc(NCc2nn[nH]n2)ccn1. The van der Waals surface area contributed by atoms with E-state index in [1.807, 2.05) is 13.8 Å². The lowest BCUT2D eigenvalue weighted by Crippen LogP contribution is -2.31. The van der Waals surface area contributed by atoms with Gasteiger partial charge in [-0.15, -0.1) is 10.2 Å². The van der Waals surface area contributed by atoms with Crippen LogP contribution in [-0.4, -0.2) is 49.5 Å². The standard InChI is InChI=1S/C12H17N7O/c1-3-19(4-2)12(20)10-7-9(5-6-13-10)14-8-11-15-17-18-16-11/h5-7H,3-4,8H2,1-2H3,(H,13,14)(H,15,16,17,18). The number of H-pyrrole nitrogens is 1. The van der Waals surface area contributed by atoms with Gasteiger partial charge in [0.1, 0.15) is 5.69 Å². The number of amides is 1. The normalized spacial score (nSPS) is 10.3. The van der Waals surface area contributed by atoms with Gasteiger partial charge in [-0.25, -0.2) is 0 Å². The van der Waals surface area contributed by atoms with Gasteiger partial charge in [0.05, 0.1) is 6.54 Å². The fraction of sp³-hybridized carbons (Fsp3) is 0.417. The number of carbonyl (C=O) groups excluding carboxylic acids is 1. The van der Waals surface area contributed by atoms with E-state index < -0.39 is 0 Å². The first kappa shape index (κ1) is 13.9. The van der Waals surface area contributed by atoms with Gasteiger partial charge in [0.25, 0.3) is 5.91 Å². The van der Waals surface area contributed by atoms with Gasteiger partial charge in [0.2, 0.25) is 0 Å². The lowest BCUT2D eigenvalue weighted by Gasteiger charge is -2.18. The van der Waals surface area contributed by atoms with Gasteiger partial charge in [-0.1, -0.05) is 5.21 Å². The Morgan fingerprint density at radius 3 is 2.85 bits per heavy atom. The second kappa shape index (κ2) is 6.60. The van der Waals surface area contributed by atoms with Gasteiger partial charge < -0.3 is 10.2 Å². The van der Waals surface area contributed by atoms with Crippen molar-refractivity contribution < 1.29 is 4.79 Å². The molecule has 1 amide bonds. The van der Waals surface area contributed by atoms with Crippen molar-refractivity contribution in [1.29, 1.82) is 0 Å². The molecule has 106 valence electrons. The minimum atomic E-state index is -0.0711. The summed E-state index contributed by atoms with van der Waals surface area (Å²) in [5, 5.41) is 16.7. The zero-order valence-corrected chi connectivity index (χ0v) is 11.5. The lowest BCUT2D eigenvalue weighted by molar-refractivity contribution is 0.0767. The highest BCUT2D eigenvalue weighted by Crippen LogP contribution is 2.10. The summed E-state index contributed by atoms with van der Waals surface area (Å²) in [5.41, 5.74) is 1.21. The predicted octanol–water partition coefficient (Wildman–Crippen LogP) is 0.689. The molecule has 0 aliphatic heterocycles. The van der Waals surface area contributed by atoms with Crippen LogP contribution in [0.25, 0.3) is 0 Å². The summed E-state index contributed by atoms with van der Waals surface area (Å²) in [6.07, 6.45) is 1.61. The number of pyridine rings is 1. The van der Waals surface area contributed by atoms with E-state index in [2.05, 4.69) is 30.9 Å². The molecule has 2 aromatic rings. The van der Waals surface area contributed by atoms with Crippen molar-refractivity contribution in [2.24, 2.45) is 0 Å². The molecule has 0 spiro atoms. The van der Waals surface area contributed by atoms with Crippen LogP contribution in [0.4, 0.5) is 5.69 Å². The van der Waals surface area contributed by atoms with Crippen LogP contribution in [-0.2, 0) is 6.54 Å². The smallest absolute Gasteiger partial charge is 0.272 e. The summed E-state index contributed by atoms with van der Waals surface area (Å²) in [5.74, 6) is 0.483. The maximum atomic E-state index is 12.2. The third-order valence-electron chi connectivity index (χ3n) is 2.87. The van der Waals surface area contributed by atoms with Crippen molar-refractivity contribution in [3.63, 3.8) is 0 Å². The summed E-state index contributed by atoms with van der Waals surface area (Å²) in [4.78, 5) is 18.0. The Balaban J connectivity index is 2.05. The Hall–Kier alpha value is -2.51. The third-order valence-corrected chi connectivity index (χ3v) is 2.87. The van der Waals surface area contributed by atoms with E-state index in [-0.39, 0.29) is 5.91 Å². The molecule has 8 heteroatoms. The van der Waals surface area contributed by atoms with E-state index in [0.717, 1.165) is 5.69 Å². The van der Waals surface area contributed by atoms with Gasteiger partial charge in [-0.05, 0) is 26.0 Å². The van der Waals surface area contributed by atoms with Gasteiger partial charge >= 0.3 is 0 Å². The van der Waals surface area contributed by atoms with E-state index in [1.165, 1.54) is 0 Å². The molecule has 0 atom stereocenters. The number of tetrazole rings is 1. The minimum absolute atomic E-state index is 0.0711. The fourth-order valence-corrected chi connectivity index (χ4v) is 1.77. The molecular formula is C12H17N7O. The average Bonchev–Trinajstić information content (AvgIpc) is 3.00. The Morgan fingerprint density at radius 1 is 1.40 bits per heavy atom. The summed E-state index contributed by atoms with van der Waals surface area (Å²) in [6, 6.07) is 3.51. The molecule has 0 unspecified atom stereocenters. The first-order valence-electron chi connectivity index (χ1n) is 6.46. The van der Waals surface area contributed by atoms with Crippen LogP contribution in [0.3, 0.4) is 0 Å². The molecule has 0 aliphatic carbocycles. The van der Waals surface area contributed by atoms with Crippen molar-refractivity contribution in [1.82, 2.24) is 30.5 Å². The van der Waals surface area contributed by atoms with Crippen LogP contribution in [0.5, 0.6) is 0 Å². The van der Waals surface area contributed by atoms with Crippen molar-refractivity contribution in [2.75, 3.05) is 18.4 Å². The van der Waals surface area contributed by atoms with E-state index in [1.54, 1.807) is 23.2 Å². The molecule has 0 aliphatic rings. The van der Waals surface area contributed by atoms with Crippen molar-refractivity contribution in [3.8, 4) is 0 Å². The highest BCUT2D eigenvalue weighted by Gasteiger charge is 2.14. The van der Waals surface area contributed by atoms with Crippen LogP contribution in [0.1, 0.15) is 30.2 Å². The monoisotopic (exact) mass is 275 g/mol. The topological polar surface area (TPSA) is 99.7 Å². The molecule has 2 rings (SSSR count). The number of hydrogen-bond donors (Lipinski definition) is 2. The Morgan fingerprint density at radius 2 is 2.20 bits per heavy atom. The van der Waals surface area contributed by atoms with Crippen LogP contribution in [0, 0.1) is 0 Å². The van der Waals surface area contributed by atoms with E-state index in [4.69, 9.17) is 0 Å². The number of aromatic amines is 1. The first-order chi connectivity index (χ1) is 9.74.